The van der Waals surface area contributed by atoms with Gasteiger partial charge in [-0.25, -0.2) is 4.99 Å². The van der Waals surface area contributed by atoms with Gasteiger partial charge in [0, 0.05) is 24.1 Å². The van der Waals surface area contributed by atoms with Crippen LogP contribution in [0.4, 0.5) is 0 Å². The first-order valence-corrected chi connectivity index (χ1v) is 9.82. The molecule has 28 heavy (non-hydrogen) atoms. The van der Waals surface area contributed by atoms with Crippen LogP contribution in [0.5, 0.6) is 0 Å². The summed E-state index contributed by atoms with van der Waals surface area (Å²) in [7, 11) is 4.26. The lowest BCUT2D eigenvalue weighted by Gasteiger charge is -2.39. The van der Waals surface area contributed by atoms with Gasteiger partial charge in [-0.15, -0.1) is 12.4 Å². The first-order chi connectivity index (χ1) is 13.0. The predicted octanol–water partition coefficient (Wildman–Crippen LogP) is 5.52. The normalized spacial score (nSPS) is 12.8. The van der Waals surface area contributed by atoms with Crippen LogP contribution in [0.25, 0.3) is 0 Å². The molecule has 0 bridgehead atoms. The molecule has 2 aromatic carbocycles. The van der Waals surface area contributed by atoms with E-state index in [2.05, 4.69) is 91.6 Å². The van der Waals surface area contributed by atoms with E-state index in [-0.39, 0.29) is 23.7 Å². The van der Waals surface area contributed by atoms with Crippen molar-refractivity contribution in [1.82, 2.24) is 4.90 Å². The quantitative estimate of drug-likeness (QED) is 0.519. The molecule has 1 amide bonds. The van der Waals surface area contributed by atoms with Crippen LogP contribution in [0.2, 0.25) is 0 Å². The van der Waals surface area contributed by atoms with Crippen molar-refractivity contribution in [2.24, 2.45) is 4.99 Å². The number of hydrogen-bond acceptors (Lipinski definition) is 2. The van der Waals surface area contributed by atoms with Crippen LogP contribution in [-0.4, -0.2) is 37.2 Å². The first kappa shape index (κ1) is 24.1. The number of hydrogen-bond donors (Lipinski definition) is 0. The summed E-state index contributed by atoms with van der Waals surface area (Å²) in [5.74, 6) is -0.0540. The first-order valence-electron chi connectivity index (χ1n) is 9.82. The van der Waals surface area contributed by atoms with Gasteiger partial charge in [-0.2, -0.15) is 0 Å². The highest BCUT2D eigenvalue weighted by molar-refractivity contribution is 5.85. The summed E-state index contributed by atoms with van der Waals surface area (Å²) in [4.78, 5) is 17.9. The molecular weight excluding hydrogens is 368 g/mol. The lowest BCUT2D eigenvalue weighted by atomic mass is 9.67. The van der Waals surface area contributed by atoms with Gasteiger partial charge in [0.25, 0.3) is 0 Å². The molecule has 152 valence electrons. The molecule has 0 spiro atoms. The van der Waals surface area contributed by atoms with E-state index in [1.54, 1.807) is 6.21 Å². The highest BCUT2D eigenvalue weighted by Gasteiger charge is 2.35. The fourth-order valence-corrected chi connectivity index (χ4v) is 3.56. The number of nitrogens with zero attached hydrogens (tertiary/aromatic N) is 2. The number of carbonyl (C=O) groups is 1. The molecular formula is C24H33ClN2O. The summed E-state index contributed by atoms with van der Waals surface area (Å²) in [6.45, 7) is 4.12. The molecule has 1 unspecified atom stereocenters. The Kier molecular flexibility index (Phi) is 10.1. The van der Waals surface area contributed by atoms with Crippen LogP contribution < -0.4 is 0 Å². The number of aliphatic imine (C=N–C) groups is 1. The third kappa shape index (κ3) is 6.29. The van der Waals surface area contributed by atoms with E-state index >= 15 is 0 Å². The van der Waals surface area contributed by atoms with E-state index in [0.29, 0.717) is 12.5 Å². The van der Waals surface area contributed by atoms with Crippen molar-refractivity contribution in [2.45, 2.75) is 51.0 Å². The summed E-state index contributed by atoms with van der Waals surface area (Å²) in [5.41, 5.74) is 2.52. The van der Waals surface area contributed by atoms with E-state index in [4.69, 9.17) is 0 Å². The summed E-state index contributed by atoms with van der Waals surface area (Å²) < 4.78 is 0. The molecule has 0 aliphatic heterocycles. The van der Waals surface area contributed by atoms with E-state index in [1.165, 1.54) is 11.1 Å². The third-order valence-corrected chi connectivity index (χ3v) is 5.42. The minimum absolute atomic E-state index is 0. The molecule has 0 heterocycles. The van der Waals surface area contributed by atoms with Crippen LogP contribution in [0.3, 0.4) is 0 Å². The van der Waals surface area contributed by atoms with Gasteiger partial charge in [-0.1, -0.05) is 67.6 Å². The summed E-state index contributed by atoms with van der Waals surface area (Å²) >= 11 is 0. The lowest BCUT2D eigenvalue weighted by molar-refractivity contribution is -0.117. The van der Waals surface area contributed by atoms with E-state index in [9.17, 15) is 4.79 Å². The number of amides is 1. The standard InChI is InChI=1S/C24H32N2O.ClH/c1-5-23(27)25-18-12-17-24(19-20(2)26(3)4,21-13-8-6-9-14-21)22-15-10-7-11-16-22;/h6-11,13-16,18,20H,5,12,17,19H2,1-4H3;1H. The van der Waals surface area contributed by atoms with Crippen molar-refractivity contribution in [3.63, 3.8) is 0 Å². The molecule has 2 aromatic rings. The molecule has 3 nitrogen and oxygen atoms in total. The van der Waals surface area contributed by atoms with Gasteiger partial charge in [-0.05, 0) is 51.4 Å². The van der Waals surface area contributed by atoms with Crippen molar-refractivity contribution in [3.05, 3.63) is 71.8 Å². The second-order valence-corrected chi connectivity index (χ2v) is 7.43. The Morgan fingerprint density at radius 1 is 1.04 bits per heavy atom. The van der Waals surface area contributed by atoms with Gasteiger partial charge in [0.1, 0.15) is 0 Å². The van der Waals surface area contributed by atoms with Crippen LogP contribution in [0.1, 0.15) is 50.7 Å². The summed E-state index contributed by atoms with van der Waals surface area (Å²) in [5, 5.41) is 0. The van der Waals surface area contributed by atoms with Crippen LogP contribution >= 0.6 is 12.4 Å². The molecule has 0 aromatic heterocycles. The van der Waals surface area contributed by atoms with Crippen molar-refractivity contribution in [1.29, 1.82) is 0 Å². The second kappa shape index (κ2) is 11.8. The number of halogens is 1. The Morgan fingerprint density at radius 2 is 1.54 bits per heavy atom. The fraction of sp³-hybridized carbons (Fsp3) is 0.417. The maximum absolute atomic E-state index is 11.5. The third-order valence-electron chi connectivity index (χ3n) is 5.42. The Hall–Kier alpha value is -1.97. The molecule has 0 radical (unpaired) electrons. The molecule has 0 saturated heterocycles. The Morgan fingerprint density at radius 3 is 1.96 bits per heavy atom. The largest absolute Gasteiger partial charge is 0.307 e. The maximum Gasteiger partial charge on any atom is 0.245 e. The number of rotatable bonds is 9. The zero-order valence-electron chi connectivity index (χ0n) is 17.5. The van der Waals surface area contributed by atoms with E-state index in [0.717, 1.165) is 19.3 Å². The van der Waals surface area contributed by atoms with Gasteiger partial charge in [0.05, 0.1) is 0 Å². The Bertz CT molecular complexity index is 689. The molecule has 0 aliphatic carbocycles. The van der Waals surface area contributed by atoms with Gasteiger partial charge in [0.15, 0.2) is 0 Å². The Labute approximate surface area is 176 Å². The van der Waals surface area contributed by atoms with Gasteiger partial charge < -0.3 is 4.90 Å². The average molecular weight is 401 g/mol. The van der Waals surface area contributed by atoms with Crippen LogP contribution in [0, 0.1) is 0 Å². The zero-order chi connectivity index (χ0) is 19.7. The predicted molar refractivity (Wildman–Crippen MR) is 122 cm³/mol. The van der Waals surface area contributed by atoms with Crippen LogP contribution in [-0.2, 0) is 10.2 Å². The SMILES string of the molecule is CCC(=O)N=CCCC(CC(C)N(C)C)(c1ccccc1)c1ccccc1.Cl. The van der Waals surface area contributed by atoms with E-state index in [1.807, 2.05) is 6.92 Å². The van der Waals surface area contributed by atoms with Crippen molar-refractivity contribution in [3.8, 4) is 0 Å². The summed E-state index contributed by atoms with van der Waals surface area (Å²) in [6, 6.07) is 21.9. The number of carbonyl (C=O) groups excluding carboxylic acids is 1. The fourth-order valence-electron chi connectivity index (χ4n) is 3.56. The monoisotopic (exact) mass is 400 g/mol. The molecule has 0 fully saturated rings. The molecule has 4 heteroatoms. The van der Waals surface area contributed by atoms with Crippen molar-refractivity contribution >= 4 is 24.5 Å². The van der Waals surface area contributed by atoms with Crippen molar-refractivity contribution in [2.75, 3.05) is 14.1 Å². The molecule has 0 aliphatic rings. The highest BCUT2D eigenvalue weighted by Crippen LogP contribution is 2.41. The molecule has 1 atom stereocenters. The average Bonchev–Trinajstić information content (AvgIpc) is 2.71. The Balaban J connectivity index is 0.00000392. The van der Waals surface area contributed by atoms with Gasteiger partial charge >= 0.3 is 0 Å². The summed E-state index contributed by atoms with van der Waals surface area (Å²) in [6.07, 6.45) is 4.95. The highest BCUT2D eigenvalue weighted by atomic mass is 35.5. The topological polar surface area (TPSA) is 32.7 Å². The zero-order valence-corrected chi connectivity index (χ0v) is 18.3. The maximum atomic E-state index is 11.5. The molecule has 0 saturated carbocycles. The van der Waals surface area contributed by atoms with E-state index < -0.39 is 0 Å². The number of benzene rings is 2. The van der Waals surface area contributed by atoms with Crippen molar-refractivity contribution < 1.29 is 4.79 Å². The molecule has 0 N–H and O–H groups in total. The van der Waals surface area contributed by atoms with Crippen LogP contribution in [0.15, 0.2) is 65.7 Å². The molecule has 2 rings (SSSR count). The van der Waals surface area contributed by atoms with Gasteiger partial charge in [-0.3, -0.25) is 4.79 Å². The minimum atomic E-state index is -0.118. The van der Waals surface area contributed by atoms with Gasteiger partial charge in [0.2, 0.25) is 5.91 Å². The minimum Gasteiger partial charge on any atom is -0.307 e. The lowest BCUT2D eigenvalue weighted by Crippen LogP contribution is -2.37. The second-order valence-electron chi connectivity index (χ2n) is 7.43. The smallest absolute Gasteiger partial charge is 0.245 e.